The number of nitrogens with zero attached hydrogens (tertiary/aromatic N) is 3. The van der Waals surface area contributed by atoms with E-state index in [1.54, 1.807) is 24.3 Å². The van der Waals surface area contributed by atoms with Crippen molar-refractivity contribution in [2.45, 2.75) is 13.1 Å². The molecule has 0 aliphatic heterocycles. The molecule has 10 heteroatoms. The van der Waals surface area contributed by atoms with Crippen molar-refractivity contribution in [3.63, 3.8) is 0 Å². The lowest BCUT2D eigenvalue weighted by Crippen LogP contribution is -2.29. The first-order valence-corrected chi connectivity index (χ1v) is 10.4. The highest BCUT2D eigenvalue weighted by molar-refractivity contribution is 7.88. The second-order valence-corrected chi connectivity index (χ2v) is 8.18. The molecule has 8 nitrogen and oxygen atoms in total. The smallest absolute Gasteiger partial charge is 0.242 e. The van der Waals surface area contributed by atoms with Crippen molar-refractivity contribution in [2.24, 2.45) is 0 Å². The quantitative estimate of drug-likeness (QED) is 0.552. The minimum Gasteiger partial charge on any atom is -0.497 e. The number of ether oxygens (including phenoxy) is 2. The molecular formula is C19H20FN3O5S. The largest absolute Gasteiger partial charge is 0.497 e. The van der Waals surface area contributed by atoms with E-state index in [0.29, 0.717) is 17.1 Å². The summed E-state index contributed by atoms with van der Waals surface area (Å²) in [5.41, 5.74) is 0.772. The number of halogens is 1. The van der Waals surface area contributed by atoms with Gasteiger partial charge in [-0.15, -0.1) is 0 Å². The van der Waals surface area contributed by atoms with Gasteiger partial charge in [0.2, 0.25) is 21.7 Å². The summed E-state index contributed by atoms with van der Waals surface area (Å²) in [5, 5.41) is 3.91. The van der Waals surface area contributed by atoms with E-state index in [2.05, 4.69) is 10.1 Å². The molecule has 0 unspecified atom stereocenters. The molecule has 1 heterocycles. The van der Waals surface area contributed by atoms with Crippen LogP contribution in [0.2, 0.25) is 0 Å². The maximum absolute atomic E-state index is 14.0. The van der Waals surface area contributed by atoms with Crippen LogP contribution in [0.5, 0.6) is 11.5 Å². The van der Waals surface area contributed by atoms with Crippen molar-refractivity contribution in [3.05, 3.63) is 59.7 Å². The van der Waals surface area contributed by atoms with Gasteiger partial charge in [0.05, 0.1) is 32.6 Å². The molecule has 0 bridgehead atoms. The van der Waals surface area contributed by atoms with Crippen LogP contribution in [0.25, 0.3) is 11.4 Å². The maximum Gasteiger partial charge on any atom is 0.242 e. The lowest BCUT2D eigenvalue weighted by molar-refractivity contribution is 0.311. The van der Waals surface area contributed by atoms with E-state index in [9.17, 15) is 12.8 Å². The van der Waals surface area contributed by atoms with Crippen LogP contribution in [0.1, 0.15) is 11.5 Å². The first kappa shape index (κ1) is 20.7. The Morgan fingerprint density at radius 3 is 2.52 bits per heavy atom. The Morgan fingerprint density at radius 1 is 1.10 bits per heavy atom. The Kier molecular flexibility index (Phi) is 6.14. The molecule has 0 aliphatic rings. The summed E-state index contributed by atoms with van der Waals surface area (Å²) in [4.78, 5) is 4.27. The molecule has 0 saturated heterocycles. The van der Waals surface area contributed by atoms with Crippen LogP contribution < -0.4 is 9.47 Å². The summed E-state index contributed by atoms with van der Waals surface area (Å²) >= 11 is 0. The fourth-order valence-electron chi connectivity index (χ4n) is 2.68. The molecule has 0 saturated carbocycles. The zero-order valence-electron chi connectivity index (χ0n) is 16.1. The molecule has 2 aromatic carbocycles. The lowest BCUT2D eigenvalue weighted by atomic mass is 10.2. The number of aromatic nitrogens is 2. The van der Waals surface area contributed by atoms with E-state index < -0.39 is 15.8 Å². The molecule has 3 aromatic rings. The van der Waals surface area contributed by atoms with E-state index in [1.807, 2.05) is 0 Å². The van der Waals surface area contributed by atoms with E-state index >= 15 is 0 Å². The maximum atomic E-state index is 14.0. The van der Waals surface area contributed by atoms with Gasteiger partial charge in [0.1, 0.15) is 17.3 Å². The zero-order chi connectivity index (χ0) is 21.0. The van der Waals surface area contributed by atoms with Gasteiger partial charge in [0.25, 0.3) is 0 Å². The third-order valence-corrected chi connectivity index (χ3v) is 5.40. The first-order valence-electron chi connectivity index (χ1n) is 8.55. The molecule has 0 N–H and O–H groups in total. The summed E-state index contributed by atoms with van der Waals surface area (Å²) in [6.07, 6.45) is 1.04. The summed E-state index contributed by atoms with van der Waals surface area (Å²) in [6, 6.07) is 11.1. The monoisotopic (exact) mass is 421 g/mol. The van der Waals surface area contributed by atoms with Crippen molar-refractivity contribution in [2.75, 3.05) is 20.5 Å². The van der Waals surface area contributed by atoms with Crippen LogP contribution >= 0.6 is 0 Å². The van der Waals surface area contributed by atoms with Gasteiger partial charge in [0, 0.05) is 12.1 Å². The summed E-state index contributed by atoms with van der Waals surface area (Å²) in [5.74, 6) is 0.865. The van der Waals surface area contributed by atoms with Gasteiger partial charge < -0.3 is 14.0 Å². The van der Waals surface area contributed by atoms with Gasteiger partial charge in [0.15, 0.2) is 0 Å². The topological polar surface area (TPSA) is 94.8 Å². The molecule has 1 aromatic heterocycles. The minimum atomic E-state index is -3.66. The molecule has 0 fully saturated rings. The first-order chi connectivity index (χ1) is 13.8. The van der Waals surface area contributed by atoms with Gasteiger partial charge in [-0.1, -0.05) is 23.4 Å². The fraction of sp³-hybridized carbons (Fsp3) is 0.263. The van der Waals surface area contributed by atoms with E-state index in [1.165, 1.54) is 32.4 Å². The molecule has 3 rings (SSSR count). The van der Waals surface area contributed by atoms with Crippen LogP contribution in [-0.2, 0) is 23.1 Å². The van der Waals surface area contributed by atoms with E-state index in [-0.39, 0.29) is 30.4 Å². The fourth-order valence-corrected chi connectivity index (χ4v) is 3.39. The molecular weight excluding hydrogens is 401 g/mol. The van der Waals surface area contributed by atoms with Crippen LogP contribution in [0.15, 0.2) is 47.0 Å². The van der Waals surface area contributed by atoms with Gasteiger partial charge >= 0.3 is 0 Å². The standard InChI is InChI=1S/C19H20FN3O5S/c1-26-14-8-9-17(27-2)15(10-14)19-21-18(28-22-19)12-23(29(3,24)25)11-13-6-4-5-7-16(13)20/h4-10H,11-12H2,1-3H3. The number of methoxy groups -OCH3 is 2. The number of hydrogen-bond donors (Lipinski definition) is 0. The van der Waals surface area contributed by atoms with Gasteiger partial charge in [-0.2, -0.15) is 9.29 Å². The lowest BCUT2D eigenvalue weighted by Gasteiger charge is -2.18. The van der Waals surface area contributed by atoms with E-state index in [0.717, 1.165) is 10.6 Å². The van der Waals surface area contributed by atoms with Crippen LogP contribution in [0.3, 0.4) is 0 Å². The third kappa shape index (κ3) is 4.90. The van der Waals surface area contributed by atoms with Gasteiger partial charge in [-0.05, 0) is 24.3 Å². The third-order valence-electron chi connectivity index (χ3n) is 4.20. The summed E-state index contributed by atoms with van der Waals surface area (Å²) < 4.78 is 55.1. The highest BCUT2D eigenvalue weighted by atomic mass is 32.2. The highest BCUT2D eigenvalue weighted by Gasteiger charge is 2.23. The van der Waals surface area contributed by atoms with Crippen molar-refractivity contribution >= 4 is 10.0 Å². The Bertz CT molecular complexity index is 1100. The Morgan fingerprint density at radius 2 is 1.86 bits per heavy atom. The average Bonchev–Trinajstić information content (AvgIpc) is 3.16. The number of benzene rings is 2. The summed E-state index contributed by atoms with van der Waals surface area (Å²) in [6.45, 7) is -0.363. The molecule has 154 valence electrons. The zero-order valence-corrected chi connectivity index (χ0v) is 16.9. The van der Waals surface area contributed by atoms with Gasteiger partial charge in [-0.25, -0.2) is 12.8 Å². The second kappa shape index (κ2) is 8.58. The highest BCUT2D eigenvalue weighted by Crippen LogP contribution is 2.31. The van der Waals surface area contributed by atoms with Crippen molar-refractivity contribution in [1.82, 2.24) is 14.4 Å². The average molecular weight is 421 g/mol. The Hall–Kier alpha value is -2.98. The van der Waals surface area contributed by atoms with Crippen LogP contribution in [-0.4, -0.2) is 43.3 Å². The Balaban J connectivity index is 1.88. The second-order valence-electron chi connectivity index (χ2n) is 6.20. The molecule has 0 spiro atoms. The van der Waals surface area contributed by atoms with Crippen molar-refractivity contribution in [1.29, 1.82) is 0 Å². The predicted molar refractivity (Wildman–Crippen MR) is 103 cm³/mol. The van der Waals surface area contributed by atoms with Gasteiger partial charge in [-0.3, -0.25) is 0 Å². The number of hydrogen-bond acceptors (Lipinski definition) is 7. The minimum absolute atomic E-state index is 0.0617. The molecule has 0 aliphatic carbocycles. The molecule has 0 atom stereocenters. The number of rotatable bonds is 8. The van der Waals surface area contributed by atoms with Crippen LogP contribution in [0.4, 0.5) is 4.39 Å². The van der Waals surface area contributed by atoms with Crippen molar-refractivity contribution in [3.8, 4) is 22.9 Å². The normalized spacial score (nSPS) is 11.6. The van der Waals surface area contributed by atoms with Crippen molar-refractivity contribution < 1.29 is 26.8 Å². The molecule has 0 amide bonds. The molecule has 0 radical (unpaired) electrons. The number of sulfonamides is 1. The molecule has 29 heavy (non-hydrogen) atoms. The predicted octanol–water partition coefficient (Wildman–Crippen LogP) is 2.85. The van der Waals surface area contributed by atoms with E-state index in [4.69, 9.17) is 14.0 Å². The summed E-state index contributed by atoms with van der Waals surface area (Å²) in [7, 11) is -0.629. The SMILES string of the molecule is COc1ccc(OC)c(-c2noc(CN(Cc3ccccc3F)S(C)(=O)=O)n2)c1. The van der Waals surface area contributed by atoms with Crippen LogP contribution in [0, 0.1) is 5.82 Å². The Labute approximate surface area is 167 Å².